The average Bonchev–Trinajstić information content (AvgIpc) is 3.28. The lowest BCUT2D eigenvalue weighted by molar-refractivity contribution is -0.119. The van der Waals surface area contributed by atoms with Gasteiger partial charge in [0.15, 0.2) is 0 Å². The van der Waals surface area contributed by atoms with E-state index in [1.165, 1.54) is 18.3 Å². The molecule has 10 heteroatoms. The maximum absolute atomic E-state index is 11.6. The van der Waals surface area contributed by atoms with E-state index in [4.69, 9.17) is 11.6 Å². The van der Waals surface area contributed by atoms with Gasteiger partial charge in [-0.2, -0.15) is 0 Å². The molecule has 5 atom stereocenters. The number of unbranched alkanes of at least 4 members (excludes halogenated alkanes) is 1. The number of aryl methyl sites for hydroxylation is 1. The van der Waals surface area contributed by atoms with Crippen molar-refractivity contribution in [3.8, 4) is 0 Å². The Bertz CT molecular complexity index is 914. The van der Waals surface area contributed by atoms with E-state index in [1.54, 1.807) is 6.08 Å². The zero-order chi connectivity index (χ0) is 24.4. The first kappa shape index (κ1) is 28.0. The number of carbonyl (C=O) groups excluding carboxylic acids is 1. The molecule has 1 aliphatic carbocycles. The Balaban J connectivity index is 1.76. The molecule has 1 amide bonds. The third-order valence-electron chi connectivity index (χ3n) is 5.79. The number of sulfonamides is 1. The molecule has 1 heterocycles. The summed E-state index contributed by atoms with van der Waals surface area (Å²) in [6.07, 6.45) is 8.76. The van der Waals surface area contributed by atoms with Crippen LogP contribution in [0.4, 0.5) is 0 Å². The molecule has 0 aromatic carbocycles. The maximum Gasteiger partial charge on any atom is 0.234 e. The van der Waals surface area contributed by atoms with Crippen LogP contribution in [0.1, 0.15) is 50.3 Å². The zero-order valence-corrected chi connectivity index (χ0v) is 21.2. The van der Waals surface area contributed by atoms with Gasteiger partial charge < -0.3 is 15.3 Å². The van der Waals surface area contributed by atoms with E-state index in [1.807, 2.05) is 35.1 Å². The molecule has 4 N–H and O–H groups in total. The van der Waals surface area contributed by atoms with Gasteiger partial charge in [0.25, 0.3) is 0 Å². The van der Waals surface area contributed by atoms with Crippen molar-refractivity contribution in [2.24, 2.45) is 11.8 Å². The topological polar surface area (TPSA) is 124 Å². The number of halogens is 1. The van der Waals surface area contributed by atoms with Gasteiger partial charge in [-0.25, -0.2) is 8.42 Å². The Morgan fingerprint density at radius 3 is 2.73 bits per heavy atom. The first-order chi connectivity index (χ1) is 15.6. The molecule has 0 saturated heterocycles. The van der Waals surface area contributed by atoms with Crippen molar-refractivity contribution >= 4 is 38.9 Å². The lowest BCUT2D eigenvalue weighted by atomic mass is 9.89. The summed E-state index contributed by atoms with van der Waals surface area (Å²) in [6.45, 7) is 1.47. The number of nitrogens with one attached hydrogen (secondary N) is 1. The van der Waals surface area contributed by atoms with Crippen molar-refractivity contribution in [2.45, 2.75) is 70.2 Å². The zero-order valence-electron chi connectivity index (χ0n) is 18.8. The van der Waals surface area contributed by atoms with Crippen LogP contribution in [0.2, 0.25) is 4.34 Å². The van der Waals surface area contributed by atoms with Gasteiger partial charge in [0.2, 0.25) is 15.9 Å². The molecule has 186 valence electrons. The summed E-state index contributed by atoms with van der Waals surface area (Å²) in [7, 11) is -3.52. The minimum Gasteiger partial charge on any atom is -0.393 e. The highest BCUT2D eigenvalue weighted by Crippen LogP contribution is 2.36. The highest BCUT2D eigenvalue weighted by atomic mass is 35.5. The summed E-state index contributed by atoms with van der Waals surface area (Å²) in [4.78, 5) is 12.7. The van der Waals surface area contributed by atoms with Gasteiger partial charge in [-0.3, -0.25) is 9.52 Å². The fourth-order valence-electron chi connectivity index (χ4n) is 3.88. The molecule has 7 nitrogen and oxygen atoms in total. The SMILES string of the molecule is CCS(=O)(=O)NC(=O)CCCC=CC[C@@H]1[C@@H](C=C[C@@H](O)CCc2ccc(Cl)s2)[C@H](O)C[C@@H]1O. The molecule has 0 unspecified atom stereocenters. The minimum atomic E-state index is -3.52. The number of rotatable bonds is 13. The molecule has 0 aliphatic heterocycles. The van der Waals surface area contributed by atoms with E-state index in [0.29, 0.717) is 38.5 Å². The standard InChI is InChI=1S/C23H34ClNO6S2/c1-2-33(30,31)25-23(29)8-6-4-3-5-7-18-19(21(28)15-20(18)27)13-10-16(26)9-11-17-12-14-22(24)32-17/h3,5,10,12-14,16,18-21,26-28H,2,4,6-9,11,15H2,1H3,(H,25,29)/t16-,18+,19+,20-,21+/m0/s1. The Hall–Kier alpha value is -1.23. The van der Waals surface area contributed by atoms with Crippen molar-refractivity contribution in [3.05, 3.63) is 45.7 Å². The lowest BCUT2D eigenvalue weighted by Gasteiger charge is -2.19. The van der Waals surface area contributed by atoms with Crippen molar-refractivity contribution in [1.82, 2.24) is 4.72 Å². The highest BCUT2D eigenvalue weighted by molar-refractivity contribution is 7.90. The van der Waals surface area contributed by atoms with E-state index in [9.17, 15) is 28.5 Å². The summed E-state index contributed by atoms with van der Waals surface area (Å²) < 4.78 is 25.5. The molecule has 2 rings (SSSR count). The normalized spacial score (nSPS) is 24.6. The van der Waals surface area contributed by atoms with Crippen LogP contribution in [0.25, 0.3) is 0 Å². The molecule has 1 aromatic heterocycles. The fraction of sp³-hybridized carbons (Fsp3) is 0.609. The Morgan fingerprint density at radius 2 is 2.06 bits per heavy atom. The first-order valence-corrected chi connectivity index (χ1v) is 14.1. The second kappa shape index (κ2) is 13.6. The van der Waals surface area contributed by atoms with E-state index in [2.05, 4.69) is 0 Å². The predicted molar refractivity (Wildman–Crippen MR) is 132 cm³/mol. The van der Waals surface area contributed by atoms with E-state index in [-0.39, 0.29) is 24.0 Å². The number of carbonyl (C=O) groups is 1. The molecule has 0 bridgehead atoms. The second-order valence-electron chi connectivity index (χ2n) is 8.34. The van der Waals surface area contributed by atoms with Gasteiger partial charge in [0, 0.05) is 23.6 Å². The number of thiophene rings is 1. The van der Waals surface area contributed by atoms with Crippen LogP contribution in [0.15, 0.2) is 36.4 Å². The minimum absolute atomic E-state index is 0.120. The molecule has 1 saturated carbocycles. The number of hydrogen-bond acceptors (Lipinski definition) is 7. The second-order valence-corrected chi connectivity index (χ2v) is 12.1. The van der Waals surface area contributed by atoms with Crippen molar-refractivity contribution < 1.29 is 28.5 Å². The summed E-state index contributed by atoms with van der Waals surface area (Å²) in [5.41, 5.74) is 0. The summed E-state index contributed by atoms with van der Waals surface area (Å²) in [6, 6.07) is 3.78. The molecular formula is C23H34ClNO6S2. The quantitative estimate of drug-likeness (QED) is 0.234. The van der Waals surface area contributed by atoms with Crippen LogP contribution in [-0.2, 0) is 21.2 Å². The molecule has 1 aromatic rings. The Kier molecular flexibility index (Phi) is 11.5. The fourth-order valence-corrected chi connectivity index (χ4v) is 5.58. The molecule has 0 spiro atoms. The smallest absolute Gasteiger partial charge is 0.234 e. The van der Waals surface area contributed by atoms with Gasteiger partial charge in [-0.15, -0.1) is 11.3 Å². The van der Waals surface area contributed by atoms with Crippen LogP contribution in [0, 0.1) is 11.8 Å². The number of amides is 1. The molecule has 1 aliphatic rings. The Morgan fingerprint density at radius 1 is 1.30 bits per heavy atom. The molecule has 1 fully saturated rings. The van der Waals surface area contributed by atoms with E-state index < -0.39 is 34.2 Å². The lowest BCUT2D eigenvalue weighted by Crippen LogP contribution is -2.31. The molecule has 33 heavy (non-hydrogen) atoms. The van der Waals surface area contributed by atoms with Gasteiger partial charge in [0.1, 0.15) is 0 Å². The van der Waals surface area contributed by atoms with Crippen LogP contribution in [-0.4, -0.2) is 53.7 Å². The highest BCUT2D eigenvalue weighted by Gasteiger charge is 2.39. The third kappa shape index (κ3) is 9.88. The predicted octanol–water partition coefficient (Wildman–Crippen LogP) is 3.19. The maximum atomic E-state index is 11.6. The summed E-state index contributed by atoms with van der Waals surface area (Å²) >= 11 is 7.42. The van der Waals surface area contributed by atoms with Crippen LogP contribution < -0.4 is 4.72 Å². The monoisotopic (exact) mass is 519 g/mol. The van der Waals surface area contributed by atoms with Crippen LogP contribution >= 0.6 is 22.9 Å². The summed E-state index contributed by atoms with van der Waals surface area (Å²) in [5, 5.41) is 31.0. The van der Waals surface area contributed by atoms with Crippen LogP contribution in [0.5, 0.6) is 0 Å². The van der Waals surface area contributed by atoms with Gasteiger partial charge >= 0.3 is 0 Å². The number of aliphatic hydroxyl groups is 3. The van der Waals surface area contributed by atoms with Crippen molar-refractivity contribution in [2.75, 3.05) is 5.75 Å². The number of aliphatic hydroxyl groups excluding tert-OH is 3. The largest absolute Gasteiger partial charge is 0.393 e. The van der Waals surface area contributed by atoms with Gasteiger partial charge in [0.05, 0.1) is 28.4 Å². The average molecular weight is 520 g/mol. The third-order valence-corrected chi connectivity index (χ3v) is 8.38. The van der Waals surface area contributed by atoms with Crippen molar-refractivity contribution in [1.29, 1.82) is 0 Å². The first-order valence-electron chi connectivity index (χ1n) is 11.3. The van der Waals surface area contributed by atoms with Crippen LogP contribution in [0.3, 0.4) is 0 Å². The molecular weight excluding hydrogens is 486 g/mol. The summed E-state index contributed by atoms with van der Waals surface area (Å²) in [5.74, 6) is -1.05. The van der Waals surface area contributed by atoms with Crippen molar-refractivity contribution in [3.63, 3.8) is 0 Å². The van der Waals surface area contributed by atoms with Gasteiger partial charge in [-0.05, 0) is 57.1 Å². The van der Waals surface area contributed by atoms with Gasteiger partial charge in [-0.1, -0.05) is 35.9 Å². The number of hydrogen-bond donors (Lipinski definition) is 4. The number of allylic oxidation sites excluding steroid dienone is 2. The van der Waals surface area contributed by atoms with E-state index in [0.717, 1.165) is 9.21 Å². The molecule has 0 radical (unpaired) electrons. The Labute approximate surface area is 205 Å². The van der Waals surface area contributed by atoms with E-state index >= 15 is 0 Å².